The molecule has 19 heavy (non-hydrogen) atoms. The Morgan fingerprint density at radius 1 is 1.16 bits per heavy atom. The van der Waals surface area contributed by atoms with E-state index in [1.807, 2.05) is 24.3 Å². The molecule has 0 heterocycles. The highest BCUT2D eigenvalue weighted by Gasteiger charge is 2.35. The quantitative estimate of drug-likeness (QED) is 0.812. The number of nitrogens with one attached hydrogen (secondary N) is 2. The van der Waals surface area contributed by atoms with Gasteiger partial charge in [-0.25, -0.2) is 0 Å². The first-order valence-corrected chi connectivity index (χ1v) is 7.00. The first kappa shape index (κ1) is 12.3. The maximum absolute atomic E-state index is 10.9. The van der Waals surface area contributed by atoms with Gasteiger partial charge < -0.3 is 10.6 Å². The lowest BCUT2D eigenvalue weighted by Crippen LogP contribution is -2.18. The van der Waals surface area contributed by atoms with E-state index in [0.29, 0.717) is 0 Å². The van der Waals surface area contributed by atoms with Crippen LogP contribution in [-0.4, -0.2) is 12.5 Å². The third kappa shape index (κ3) is 2.80. The zero-order chi connectivity index (χ0) is 13.2. The molecular formula is C16H20N2O. The van der Waals surface area contributed by atoms with Crippen molar-refractivity contribution in [1.29, 1.82) is 0 Å². The van der Waals surface area contributed by atoms with Crippen LogP contribution in [0.4, 0.5) is 11.4 Å². The van der Waals surface area contributed by atoms with E-state index in [4.69, 9.17) is 0 Å². The Balaban J connectivity index is 1.53. The van der Waals surface area contributed by atoms with Gasteiger partial charge in [-0.15, -0.1) is 0 Å². The summed E-state index contributed by atoms with van der Waals surface area (Å²) in [5.41, 5.74) is 1.97. The zero-order valence-electron chi connectivity index (χ0n) is 11.2. The number of hydrogen-bond acceptors (Lipinski definition) is 2. The summed E-state index contributed by atoms with van der Waals surface area (Å²) in [5.74, 6) is 2.37. The fourth-order valence-electron chi connectivity index (χ4n) is 3.25. The van der Waals surface area contributed by atoms with Crippen LogP contribution in [0.5, 0.6) is 0 Å². The van der Waals surface area contributed by atoms with E-state index in [1.54, 1.807) is 0 Å². The van der Waals surface area contributed by atoms with Crippen molar-refractivity contribution in [3.05, 3.63) is 36.4 Å². The predicted octanol–water partition coefficient (Wildman–Crippen LogP) is 3.27. The van der Waals surface area contributed by atoms with Crippen molar-refractivity contribution >= 4 is 17.3 Å². The number of benzene rings is 1. The molecule has 0 aromatic heterocycles. The number of anilines is 2. The van der Waals surface area contributed by atoms with Crippen LogP contribution in [-0.2, 0) is 4.79 Å². The molecule has 3 heteroatoms. The summed E-state index contributed by atoms with van der Waals surface area (Å²) in [6.45, 7) is 2.57. The summed E-state index contributed by atoms with van der Waals surface area (Å²) in [7, 11) is 0. The SMILES string of the molecule is CC(=O)Nc1ccc(NCC2CC3C=CC2C3)cc1. The highest BCUT2D eigenvalue weighted by Crippen LogP contribution is 2.43. The van der Waals surface area contributed by atoms with E-state index in [-0.39, 0.29) is 5.91 Å². The molecule has 0 radical (unpaired) electrons. The summed E-state index contributed by atoms with van der Waals surface area (Å²) in [6, 6.07) is 7.91. The third-order valence-corrected chi connectivity index (χ3v) is 4.19. The average molecular weight is 256 g/mol. The Labute approximate surface area is 114 Å². The van der Waals surface area contributed by atoms with E-state index in [2.05, 4.69) is 22.8 Å². The molecule has 3 nitrogen and oxygen atoms in total. The van der Waals surface area contributed by atoms with Crippen molar-refractivity contribution in [2.75, 3.05) is 17.2 Å². The van der Waals surface area contributed by atoms with Crippen LogP contribution in [0.1, 0.15) is 19.8 Å². The van der Waals surface area contributed by atoms with Gasteiger partial charge in [0, 0.05) is 24.8 Å². The van der Waals surface area contributed by atoms with Gasteiger partial charge in [0.25, 0.3) is 0 Å². The number of carbonyl (C=O) groups excluding carboxylic acids is 1. The first-order valence-electron chi connectivity index (χ1n) is 7.00. The lowest BCUT2D eigenvalue weighted by atomic mass is 9.93. The van der Waals surface area contributed by atoms with Crippen molar-refractivity contribution in [3.63, 3.8) is 0 Å². The van der Waals surface area contributed by atoms with Crippen LogP contribution in [0.15, 0.2) is 36.4 Å². The van der Waals surface area contributed by atoms with E-state index in [9.17, 15) is 4.79 Å². The molecule has 0 aliphatic heterocycles. The molecule has 0 saturated heterocycles. The Bertz CT molecular complexity index is 492. The molecule has 3 rings (SSSR count). The molecule has 3 atom stereocenters. The molecule has 1 saturated carbocycles. The van der Waals surface area contributed by atoms with E-state index in [1.165, 1.54) is 19.8 Å². The number of allylic oxidation sites excluding steroid dienone is 2. The molecule has 2 N–H and O–H groups in total. The van der Waals surface area contributed by atoms with Crippen molar-refractivity contribution in [3.8, 4) is 0 Å². The van der Waals surface area contributed by atoms with Gasteiger partial charge in [0.1, 0.15) is 0 Å². The number of amides is 1. The fraction of sp³-hybridized carbons (Fsp3) is 0.438. The van der Waals surface area contributed by atoms with Gasteiger partial charge in [-0.2, -0.15) is 0 Å². The molecule has 1 aromatic rings. The third-order valence-electron chi connectivity index (χ3n) is 4.19. The topological polar surface area (TPSA) is 41.1 Å². The number of rotatable bonds is 4. The maximum Gasteiger partial charge on any atom is 0.221 e. The average Bonchev–Trinajstić information content (AvgIpc) is 2.99. The Kier molecular flexibility index (Phi) is 3.28. The predicted molar refractivity (Wildman–Crippen MR) is 78.1 cm³/mol. The van der Waals surface area contributed by atoms with Gasteiger partial charge in [-0.05, 0) is 54.9 Å². The molecule has 1 aromatic carbocycles. The molecule has 0 spiro atoms. The molecule has 3 unspecified atom stereocenters. The molecule has 2 aliphatic rings. The Hall–Kier alpha value is -1.77. The summed E-state index contributed by atoms with van der Waals surface area (Å²) < 4.78 is 0. The van der Waals surface area contributed by atoms with Gasteiger partial charge >= 0.3 is 0 Å². The summed E-state index contributed by atoms with van der Waals surface area (Å²) in [6.07, 6.45) is 7.45. The van der Waals surface area contributed by atoms with Gasteiger partial charge in [0.2, 0.25) is 5.91 Å². The second-order valence-corrected chi connectivity index (χ2v) is 5.68. The first-order chi connectivity index (χ1) is 9.20. The Morgan fingerprint density at radius 2 is 1.89 bits per heavy atom. The second kappa shape index (κ2) is 5.08. The molecular weight excluding hydrogens is 236 g/mol. The smallest absolute Gasteiger partial charge is 0.221 e. The molecule has 1 amide bonds. The molecule has 1 fully saturated rings. The standard InChI is InChI=1S/C16H20N2O/c1-11(19)18-16-6-4-15(5-7-16)17-10-14-9-12-2-3-13(14)8-12/h2-7,12-14,17H,8-10H2,1H3,(H,18,19). The zero-order valence-corrected chi connectivity index (χ0v) is 11.2. The summed E-state index contributed by atoms with van der Waals surface area (Å²) in [5, 5.41) is 6.28. The van der Waals surface area contributed by atoms with Gasteiger partial charge in [-0.1, -0.05) is 12.2 Å². The molecule has 2 aliphatic carbocycles. The van der Waals surface area contributed by atoms with Crippen molar-refractivity contribution in [2.45, 2.75) is 19.8 Å². The maximum atomic E-state index is 10.9. The van der Waals surface area contributed by atoms with E-state index in [0.717, 1.165) is 35.7 Å². The van der Waals surface area contributed by atoms with Gasteiger partial charge in [0.05, 0.1) is 0 Å². The Morgan fingerprint density at radius 3 is 2.47 bits per heavy atom. The lowest BCUT2D eigenvalue weighted by molar-refractivity contribution is -0.114. The molecule has 100 valence electrons. The van der Waals surface area contributed by atoms with Crippen molar-refractivity contribution in [1.82, 2.24) is 0 Å². The summed E-state index contributed by atoms with van der Waals surface area (Å²) in [4.78, 5) is 10.9. The summed E-state index contributed by atoms with van der Waals surface area (Å²) >= 11 is 0. The van der Waals surface area contributed by atoms with Crippen LogP contribution in [0.3, 0.4) is 0 Å². The number of carbonyl (C=O) groups is 1. The highest BCUT2D eigenvalue weighted by molar-refractivity contribution is 5.88. The van der Waals surface area contributed by atoms with E-state index >= 15 is 0 Å². The van der Waals surface area contributed by atoms with Crippen molar-refractivity contribution in [2.24, 2.45) is 17.8 Å². The lowest BCUT2D eigenvalue weighted by Gasteiger charge is -2.19. The minimum absolute atomic E-state index is 0.0329. The number of fused-ring (bicyclic) bond motifs is 2. The molecule has 2 bridgehead atoms. The van der Waals surface area contributed by atoms with Crippen LogP contribution in [0.25, 0.3) is 0 Å². The van der Waals surface area contributed by atoms with Crippen LogP contribution >= 0.6 is 0 Å². The second-order valence-electron chi connectivity index (χ2n) is 5.68. The van der Waals surface area contributed by atoms with Gasteiger partial charge in [-0.3, -0.25) is 4.79 Å². The van der Waals surface area contributed by atoms with Crippen molar-refractivity contribution < 1.29 is 4.79 Å². The highest BCUT2D eigenvalue weighted by atomic mass is 16.1. The van der Waals surface area contributed by atoms with Crippen LogP contribution < -0.4 is 10.6 Å². The van der Waals surface area contributed by atoms with Crippen LogP contribution in [0, 0.1) is 17.8 Å². The largest absolute Gasteiger partial charge is 0.385 e. The van der Waals surface area contributed by atoms with E-state index < -0.39 is 0 Å². The minimum atomic E-state index is -0.0329. The number of hydrogen-bond donors (Lipinski definition) is 2. The van der Waals surface area contributed by atoms with Gasteiger partial charge in [0.15, 0.2) is 0 Å². The minimum Gasteiger partial charge on any atom is -0.385 e. The monoisotopic (exact) mass is 256 g/mol. The fourth-order valence-corrected chi connectivity index (χ4v) is 3.25. The normalized spacial score (nSPS) is 27.5. The van der Waals surface area contributed by atoms with Crippen LogP contribution in [0.2, 0.25) is 0 Å².